The first kappa shape index (κ1) is 10.0. The molecule has 0 aromatic heterocycles. The summed E-state index contributed by atoms with van der Waals surface area (Å²) < 4.78 is 0. The molecule has 0 heterocycles. The third-order valence-electron chi connectivity index (χ3n) is 2.08. The molecule has 0 bridgehead atoms. The Labute approximate surface area is 81.3 Å². The fourth-order valence-corrected chi connectivity index (χ4v) is 1.30. The van der Waals surface area contributed by atoms with Crippen molar-refractivity contribution in [3.8, 4) is 0 Å². The molecule has 0 unspecified atom stereocenters. The Kier molecular flexibility index (Phi) is 5.00. The second-order valence-corrected chi connectivity index (χ2v) is 3.31. The van der Waals surface area contributed by atoms with Crippen LogP contribution in [0.25, 0.3) is 6.08 Å². The first-order chi connectivity index (χ1) is 6.43. The Morgan fingerprint density at radius 1 is 1.08 bits per heavy atom. The average molecular weight is 174 g/mol. The quantitative estimate of drug-likeness (QED) is 0.584. The van der Waals surface area contributed by atoms with Crippen molar-refractivity contribution in [2.24, 2.45) is 0 Å². The van der Waals surface area contributed by atoms with Crippen molar-refractivity contribution in [2.75, 3.05) is 0 Å². The van der Waals surface area contributed by atoms with E-state index in [1.165, 1.54) is 31.2 Å². The summed E-state index contributed by atoms with van der Waals surface area (Å²) in [5.41, 5.74) is 1.30. The monoisotopic (exact) mass is 174 g/mol. The lowest BCUT2D eigenvalue weighted by Crippen LogP contribution is -1.72. The molecule has 0 amide bonds. The number of rotatable bonds is 5. The van der Waals surface area contributed by atoms with Crippen LogP contribution < -0.4 is 0 Å². The van der Waals surface area contributed by atoms with Gasteiger partial charge in [-0.05, 0) is 18.4 Å². The standard InChI is InChI=1S/C13H18/c1-2-3-4-5-7-10-13-11-8-6-9-12-13/h6-12H,2-5H2,1H3/b10-7+. The van der Waals surface area contributed by atoms with Gasteiger partial charge in [-0.15, -0.1) is 0 Å². The zero-order valence-corrected chi connectivity index (χ0v) is 8.37. The van der Waals surface area contributed by atoms with Gasteiger partial charge in [0, 0.05) is 0 Å². The van der Waals surface area contributed by atoms with Gasteiger partial charge in [0.25, 0.3) is 0 Å². The van der Waals surface area contributed by atoms with Crippen molar-refractivity contribution in [1.29, 1.82) is 0 Å². The predicted octanol–water partition coefficient (Wildman–Crippen LogP) is 4.28. The van der Waals surface area contributed by atoms with Gasteiger partial charge in [-0.3, -0.25) is 0 Å². The lowest BCUT2D eigenvalue weighted by atomic mass is 10.1. The highest BCUT2D eigenvalue weighted by atomic mass is 13.9. The normalized spacial score (nSPS) is 10.8. The van der Waals surface area contributed by atoms with Gasteiger partial charge in [0.15, 0.2) is 0 Å². The smallest absolute Gasteiger partial charge is 0.0260 e. The summed E-state index contributed by atoms with van der Waals surface area (Å²) in [4.78, 5) is 0. The summed E-state index contributed by atoms with van der Waals surface area (Å²) in [6.45, 7) is 2.24. The molecule has 0 saturated heterocycles. The van der Waals surface area contributed by atoms with Gasteiger partial charge >= 0.3 is 0 Å². The van der Waals surface area contributed by atoms with Crippen LogP contribution in [0.3, 0.4) is 0 Å². The largest absolute Gasteiger partial charge is 0.0839 e. The van der Waals surface area contributed by atoms with E-state index in [1.807, 2.05) is 0 Å². The van der Waals surface area contributed by atoms with E-state index in [0.717, 1.165) is 0 Å². The van der Waals surface area contributed by atoms with Crippen LogP contribution in [0.15, 0.2) is 36.4 Å². The molecule has 0 aliphatic carbocycles. The topological polar surface area (TPSA) is 0 Å². The van der Waals surface area contributed by atoms with Crippen LogP contribution >= 0.6 is 0 Å². The minimum atomic E-state index is 1.21. The second kappa shape index (κ2) is 6.47. The average Bonchev–Trinajstić information content (AvgIpc) is 2.19. The zero-order valence-electron chi connectivity index (χ0n) is 8.37. The van der Waals surface area contributed by atoms with E-state index >= 15 is 0 Å². The molecular formula is C13H18. The summed E-state index contributed by atoms with van der Waals surface area (Å²) in [6.07, 6.45) is 9.65. The molecule has 0 heteroatoms. The maximum atomic E-state index is 2.27. The highest BCUT2D eigenvalue weighted by Crippen LogP contribution is 2.04. The Bertz CT molecular complexity index is 233. The van der Waals surface area contributed by atoms with Gasteiger partial charge in [0.1, 0.15) is 0 Å². The van der Waals surface area contributed by atoms with Gasteiger partial charge in [-0.1, -0.05) is 62.2 Å². The Balaban J connectivity index is 2.25. The Morgan fingerprint density at radius 2 is 1.85 bits per heavy atom. The molecular weight excluding hydrogens is 156 g/mol. The van der Waals surface area contributed by atoms with E-state index in [4.69, 9.17) is 0 Å². The molecule has 0 aliphatic rings. The molecule has 13 heavy (non-hydrogen) atoms. The molecule has 0 radical (unpaired) electrons. The molecule has 0 spiro atoms. The Hall–Kier alpha value is -1.04. The van der Waals surface area contributed by atoms with Gasteiger partial charge in [0.05, 0.1) is 0 Å². The zero-order chi connectivity index (χ0) is 9.36. The van der Waals surface area contributed by atoms with Crippen molar-refractivity contribution in [3.63, 3.8) is 0 Å². The van der Waals surface area contributed by atoms with Crippen LogP contribution in [0.1, 0.15) is 38.2 Å². The maximum absolute atomic E-state index is 2.27. The predicted molar refractivity (Wildman–Crippen MR) is 59.6 cm³/mol. The molecule has 1 aromatic rings. The van der Waals surface area contributed by atoms with Crippen molar-refractivity contribution in [2.45, 2.75) is 32.6 Å². The lowest BCUT2D eigenvalue weighted by Gasteiger charge is -1.92. The molecule has 0 saturated carbocycles. The molecule has 1 aromatic carbocycles. The minimum Gasteiger partial charge on any atom is -0.0839 e. The highest BCUT2D eigenvalue weighted by Gasteiger charge is 1.83. The lowest BCUT2D eigenvalue weighted by molar-refractivity contribution is 0.730. The molecule has 0 nitrogen and oxygen atoms in total. The van der Waals surface area contributed by atoms with Crippen LogP contribution in [0, 0.1) is 0 Å². The first-order valence-corrected chi connectivity index (χ1v) is 5.15. The molecule has 1 rings (SSSR count). The van der Waals surface area contributed by atoms with Crippen molar-refractivity contribution in [1.82, 2.24) is 0 Å². The van der Waals surface area contributed by atoms with E-state index in [-0.39, 0.29) is 0 Å². The first-order valence-electron chi connectivity index (χ1n) is 5.15. The fourth-order valence-electron chi connectivity index (χ4n) is 1.30. The minimum absolute atomic E-state index is 1.21. The summed E-state index contributed by atoms with van der Waals surface area (Å²) in [5.74, 6) is 0. The van der Waals surface area contributed by atoms with Crippen LogP contribution in [0.2, 0.25) is 0 Å². The number of allylic oxidation sites excluding steroid dienone is 1. The number of hydrogen-bond acceptors (Lipinski definition) is 0. The third-order valence-corrected chi connectivity index (χ3v) is 2.08. The molecule has 0 atom stereocenters. The van der Waals surface area contributed by atoms with E-state index in [0.29, 0.717) is 0 Å². The summed E-state index contributed by atoms with van der Waals surface area (Å²) in [7, 11) is 0. The second-order valence-electron chi connectivity index (χ2n) is 3.31. The van der Waals surface area contributed by atoms with E-state index in [9.17, 15) is 0 Å². The van der Waals surface area contributed by atoms with Gasteiger partial charge in [-0.25, -0.2) is 0 Å². The van der Waals surface area contributed by atoms with E-state index < -0.39 is 0 Å². The summed E-state index contributed by atoms with van der Waals surface area (Å²) >= 11 is 0. The van der Waals surface area contributed by atoms with Crippen LogP contribution in [-0.2, 0) is 0 Å². The van der Waals surface area contributed by atoms with E-state index in [1.54, 1.807) is 0 Å². The number of hydrogen-bond donors (Lipinski definition) is 0. The molecule has 0 N–H and O–H groups in total. The van der Waals surface area contributed by atoms with Gasteiger partial charge < -0.3 is 0 Å². The van der Waals surface area contributed by atoms with Gasteiger partial charge in [-0.2, -0.15) is 0 Å². The number of unbranched alkanes of at least 4 members (excludes halogenated alkanes) is 3. The molecule has 0 aliphatic heterocycles. The highest BCUT2D eigenvalue weighted by molar-refractivity contribution is 5.48. The molecule has 0 fully saturated rings. The van der Waals surface area contributed by atoms with Crippen molar-refractivity contribution in [3.05, 3.63) is 42.0 Å². The van der Waals surface area contributed by atoms with Crippen LogP contribution in [0.4, 0.5) is 0 Å². The van der Waals surface area contributed by atoms with E-state index in [2.05, 4.69) is 49.4 Å². The summed E-state index contributed by atoms with van der Waals surface area (Å²) in [5, 5.41) is 0. The third kappa shape index (κ3) is 4.51. The van der Waals surface area contributed by atoms with Crippen molar-refractivity contribution < 1.29 is 0 Å². The SMILES string of the molecule is CCCCC/C=C/c1ccccc1. The van der Waals surface area contributed by atoms with Gasteiger partial charge in [0.2, 0.25) is 0 Å². The summed E-state index contributed by atoms with van der Waals surface area (Å²) in [6, 6.07) is 10.5. The Morgan fingerprint density at radius 3 is 2.54 bits per heavy atom. The molecule has 70 valence electrons. The maximum Gasteiger partial charge on any atom is -0.0260 e. The van der Waals surface area contributed by atoms with Crippen LogP contribution in [-0.4, -0.2) is 0 Å². The fraction of sp³-hybridized carbons (Fsp3) is 0.385. The van der Waals surface area contributed by atoms with Crippen LogP contribution in [0.5, 0.6) is 0 Å². The number of benzene rings is 1. The van der Waals surface area contributed by atoms with Crippen molar-refractivity contribution >= 4 is 6.08 Å².